The highest BCUT2D eigenvalue weighted by molar-refractivity contribution is 7.99. The first-order valence-electron chi connectivity index (χ1n) is 7.72. The summed E-state index contributed by atoms with van der Waals surface area (Å²) in [6.45, 7) is 3.16. The van der Waals surface area contributed by atoms with Crippen molar-refractivity contribution >= 4 is 29.1 Å². The minimum atomic E-state index is -0.138. The van der Waals surface area contributed by atoms with Gasteiger partial charge in [0.1, 0.15) is 5.76 Å². The molecule has 2 aromatic heterocycles. The Morgan fingerprint density at radius 2 is 2.13 bits per heavy atom. The number of carbonyl (C=O) groups excluding carboxylic acids is 1. The monoisotopic (exact) mass is 351 g/mol. The number of amides is 2. The number of thiophene rings is 1. The standard InChI is InChI=1S/C16H21N3O2S2/c20-16(17-11-13-3-2-8-23-13)18-12-14(15-4-1-7-21-15)19-5-9-22-10-6-19/h1-4,7-8,14H,5-6,9-12H2,(H2,17,18,20). The van der Waals surface area contributed by atoms with E-state index in [-0.39, 0.29) is 12.1 Å². The van der Waals surface area contributed by atoms with Crippen molar-refractivity contribution in [1.29, 1.82) is 0 Å². The van der Waals surface area contributed by atoms with E-state index in [9.17, 15) is 4.79 Å². The molecule has 2 N–H and O–H groups in total. The Bertz CT molecular complexity index is 581. The molecule has 23 heavy (non-hydrogen) atoms. The molecule has 0 bridgehead atoms. The van der Waals surface area contributed by atoms with Crippen LogP contribution in [-0.4, -0.2) is 42.1 Å². The molecule has 1 fully saturated rings. The number of rotatable bonds is 6. The molecule has 0 saturated carbocycles. The molecule has 124 valence electrons. The lowest BCUT2D eigenvalue weighted by molar-refractivity contribution is 0.185. The molecule has 3 heterocycles. The minimum Gasteiger partial charge on any atom is -0.468 e. The fourth-order valence-electron chi connectivity index (χ4n) is 2.61. The number of nitrogens with zero attached hydrogens (tertiary/aromatic N) is 1. The topological polar surface area (TPSA) is 57.5 Å². The largest absolute Gasteiger partial charge is 0.468 e. The van der Waals surface area contributed by atoms with Gasteiger partial charge in [0.2, 0.25) is 0 Å². The van der Waals surface area contributed by atoms with Gasteiger partial charge in [0.05, 0.1) is 18.8 Å². The number of urea groups is 1. The second-order valence-corrected chi connectivity index (χ2v) is 7.58. The molecule has 5 nitrogen and oxygen atoms in total. The van der Waals surface area contributed by atoms with Crippen molar-refractivity contribution in [2.45, 2.75) is 12.6 Å². The van der Waals surface area contributed by atoms with E-state index in [0.717, 1.165) is 35.2 Å². The van der Waals surface area contributed by atoms with Crippen LogP contribution in [0.3, 0.4) is 0 Å². The Hall–Kier alpha value is -1.44. The molecule has 1 unspecified atom stereocenters. The SMILES string of the molecule is O=C(NCc1cccs1)NCC(c1ccco1)N1CCSCC1. The van der Waals surface area contributed by atoms with Gasteiger partial charge in [-0.3, -0.25) is 4.90 Å². The van der Waals surface area contributed by atoms with Crippen molar-refractivity contribution in [2.24, 2.45) is 0 Å². The summed E-state index contributed by atoms with van der Waals surface area (Å²) in [6, 6.07) is 7.85. The summed E-state index contributed by atoms with van der Waals surface area (Å²) in [6.07, 6.45) is 1.69. The number of hydrogen-bond donors (Lipinski definition) is 2. The van der Waals surface area contributed by atoms with Crippen LogP contribution >= 0.6 is 23.1 Å². The average molecular weight is 351 g/mol. The summed E-state index contributed by atoms with van der Waals surface area (Å²) >= 11 is 3.62. The van der Waals surface area contributed by atoms with Crippen LogP contribution in [0.1, 0.15) is 16.7 Å². The molecule has 0 spiro atoms. The van der Waals surface area contributed by atoms with Crippen LogP contribution in [0.4, 0.5) is 4.79 Å². The van der Waals surface area contributed by atoms with E-state index in [1.54, 1.807) is 17.6 Å². The molecule has 0 aromatic carbocycles. The third-order valence-corrected chi connectivity index (χ3v) is 5.64. The van der Waals surface area contributed by atoms with Crippen LogP contribution in [0.5, 0.6) is 0 Å². The van der Waals surface area contributed by atoms with Crippen LogP contribution in [0.2, 0.25) is 0 Å². The van der Waals surface area contributed by atoms with Gasteiger partial charge >= 0.3 is 6.03 Å². The molecule has 0 aliphatic carbocycles. The molecule has 1 aliphatic rings. The molecule has 2 amide bonds. The van der Waals surface area contributed by atoms with Crippen molar-refractivity contribution in [2.75, 3.05) is 31.1 Å². The molecular formula is C16H21N3O2S2. The summed E-state index contributed by atoms with van der Waals surface area (Å²) in [4.78, 5) is 15.6. The van der Waals surface area contributed by atoms with Crippen LogP contribution < -0.4 is 10.6 Å². The first kappa shape index (κ1) is 16.4. The fourth-order valence-corrected chi connectivity index (χ4v) is 4.19. The lowest BCUT2D eigenvalue weighted by atomic mass is 10.2. The third kappa shape index (κ3) is 4.76. The highest BCUT2D eigenvalue weighted by atomic mass is 32.2. The molecule has 7 heteroatoms. The lowest BCUT2D eigenvalue weighted by Crippen LogP contribution is -2.44. The summed E-state index contributed by atoms with van der Waals surface area (Å²) in [5.41, 5.74) is 0. The molecule has 0 radical (unpaired) electrons. The number of thioether (sulfide) groups is 1. The molecule has 1 saturated heterocycles. The van der Waals surface area contributed by atoms with Crippen molar-refractivity contribution in [3.63, 3.8) is 0 Å². The van der Waals surface area contributed by atoms with Crippen molar-refractivity contribution < 1.29 is 9.21 Å². The van der Waals surface area contributed by atoms with Crippen LogP contribution in [0.15, 0.2) is 40.3 Å². The third-order valence-electron chi connectivity index (χ3n) is 3.82. The maximum absolute atomic E-state index is 12.0. The smallest absolute Gasteiger partial charge is 0.315 e. The zero-order valence-electron chi connectivity index (χ0n) is 12.9. The normalized spacial score (nSPS) is 16.9. The molecule has 1 aliphatic heterocycles. The van der Waals surface area contributed by atoms with Gasteiger partial charge in [-0.15, -0.1) is 11.3 Å². The van der Waals surface area contributed by atoms with Gasteiger partial charge in [0.25, 0.3) is 0 Å². The highest BCUT2D eigenvalue weighted by Gasteiger charge is 2.25. The predicted molar refractivity (Wildman–Crippen MR) is 94.9 cm³/mol. The molecular weight excluding hydrogens is 330 g/mol. The van der Waals surface area contributed by atoms with Crippen molar-refractivity contribution in [3.05, 3.63) is 46.5 Å². The summed E-state index contributed by atoms with van der Waals surface area (Å²) < 4.78 is 5.58. The van der Waals surface area contributed by atoms with E-state index >= 15 is 0 Å². The van der Waals surface area contributed by atoms with Crippen molar-refractivity contribution in [1.82, 2.24) is 15.5 Å². The molecule has 2 aromatic rings. The predicted octanol–water partition coefficient (Wildman–Crippen LogP) is 2.93. The van der Waals surface area contributed by atoms with E-state index in [2.05, 4.69) is 15.5 Å². The van der Waals surface area contributed by atoms with Gasteiger partial charge in [-0.25, -0.2) is 4.79 Å². The van der Waals surface area contributed by atoms with Crippen molar-refractivity contribution in [3.8, 4) is 0 Å². The fraction of sp³-hybridized carbons (Fsp3) is 0.438. The Morgan fingerprint density at radius 3 is 2.83 bits per heavy atom. The quantitative estimate of drug-likeness (QED) is 0.840. The number of carbonyl (C=O) groups is 1. The Labute approximate surface area is 144 Å². The number of hydrogen-bond acceptors (Lipinski definition) is 5. The van der Waals surface area contributed by atoms with E-state index < -0.39 is 0 Å². The van der Waals surface area contributed by atoms with Crippen LogP contribution in [0, 0.1) is 0 Å². The zero-order chi connectivity index (χ0) is 15.9. The van der Waals surface area contributed by atoms with E-state index in [4.69, 9.17) is 4.42 Å². The Balaban J connectivity index is 1.52. The van der Waals surface area contributed by atoms with Gasteiger partial charge in [-0.2, -0.15) is 11.8 Å². The van der Waals surface area contributed by atoms with E-state index in [1.165, 1.54) is 0 Å². The minimum absolute atomic E-state index is 0.0957. The van der Waals surface area contributed by atoms with Crippen LogP contribution in [0.25, 0.3) is 0 Å². The average Bonchev–Trinajstić information content (AvgIpc) is 3.28. The van der Waals surface area contributed by atoms with Gasteiger partial charge in [-0.05, 0) is 23.6 Å². The maximum Gasteiger partial charge on any atom is 0.315 e. The number of nitrogens with one attached hydrogen (secondary N) is 2. The lowest BCUT2D eigenvalue weighted by Gasteiger charge is -2.33. The zero-order valence-corrected chi connectivity index (χ0v) is 14.5. The second-order valence-electron chi connectivity index (χ2n) is 5.32. The van der Waals surface area contributed by atoms with Gasteiger partial charge < -0.3 is 15.1 Å². The summed E-state index contributed by atoms with van der Waals surface area (Å²) in [7, 11) is 0. The van der Waals surface area contributed by atoms with Gasteiger partial charge in [0, 0.05) is 36.0 Å². The molecule has 1 atom stereocenters. The van der Waals surface area contributed by atoms with Gasteiger partial charge in [-0.1, -0.05) is 6.07 Å². The maximum atomic E-state index is 12.0. The number of furan rings is 1. The van der Waals surface area contributed by atoms with Gasteiger partial charge in [0.15, 0.2) is 0 Å². The molecule has 3 rings (SSSR count). The second kappa shape index (κ2) is 8.42. The summed E-state index contributed by atoms with van der Waals surface area (Å²) in [5, 5.41) is 7.88. The van der Waals surface area contributed by atoms with E-state index in [1.807, 2.05) is 41.4 Å². The summed E-state index contributed by atoms with van der Waals surface area (Å²) in [5.74, 6) is 3.17. The first-order chi connectivity index (χ1) is 11.3. The Kier molecular flexibility index (Phi) is 6.01. The Morgan fingerprint density at radius 1 is 1.26 bits per heavy atom. The van der Waals surface area contributed by atoms with E-state index in [0.29, 0.717) is 13.1 Å². The highest BCUT2D eigenvalue weighted by Crippen LogP contribution is 2.24. The van der Waals surface area contributed by atoms with Crippen LogP contribution in [-0.2, 0) is 6.54 Å². The first-order valence-corrected chi connectivity index (χ1v) is 9.75.